The Kier molecular flexibility index (Phi) is 16.4. The number of rotatable bonds is 3. The highest BCUT2D eigenvalue weighted by molar-refractivity contribution is 5.65. The van der Waals surface area contributed by atoms with Crippen molar-refractivity contribution < 1.29 is 29.9 Å². The van der Waals surface area contributed by atoms with E-state index in [1.54, 1.807) is 0 Å². The maximum absolute atomic E-state index is 7.00. The highest BCUT2D eigenvalue weighted by Gasteiger charge is 2.29. The van der Waals surface area contributed by atoms with Gasteiger partial charge in [-0.25, -0.2) is 0 Å². The molecule has 2 aliphatic heterocycles. The maximum atomic E-state index is 7.00. The third-order valence-electron chi connectivity index (χ3n) is 9.12. The van der Waals surface area contributed by atoms with Crippen molar-refractivity contribution in [2.75, 3.05) is 28.4 Å². The first-order valence-corrected chi connectivity index (χ1v) is 18.0. The van der Waals surface area contributed by atoms with Gasteiger partial charge >= 0.3 is 0 Å². The van der Waals surface area contributed by atoms with Gasteiger partial charge in [0, 0.05) is 62.5 Å². The number of ether oxygens (including phenoxy) is 2. The van der Waals surface area contributed by atoms with Gasteiger partial charge in [-0.2, -0.15) is 0 Å². The van der Waals surface area contributed by atoms with Crippen LogP contribution in [0.25, 0.3) is 11.1 Å². The standard InChI is InChI=1S/C25H18O.C20H16O.4CH4O/c1-2-8-18(9-3-1)19-14-16-20(17-15-19)25-21-10-4-6-12-23(21)26-24-13-7-5-11-22(24)25;1-14-10-12-15(13-11-14)20-16-6-2-4-8-18(16)21-19-9-5-3-7-17(19)20;4*1-2/h1-17,25H;2-13,20H,1H3;4*2H,1H3. The van der Waals surface area contributed by atoms with Gasteiger partial charge in [-0.15, -0.1) is 0 Å². The molecule has 6 nitrogen and oxygen atoms in total. The molecule has 55 heavy (non-hydrogen) atoms. The summed E-state index contributed by atoms with van der Waals surface area (Å²) in [4.78, 5) is 0. The normalized spacial score (nSPS) is 11.5. The molecule has 0 amide bonds. The number of hydrogen-bond acceptors (Lipinski definition) is 6. The summed E-state index contributed by atoms with van der Waals surface area (Å²) in [5, 5.41) is 28.0. The smallest absolute Gasteiger partial charge is 0.131 e. The zero-order chi connectivity index (χ0) is 39.6. The Bertz CT molecular complexity index is 2070. The van der Waals surface area contributed by atoms with Gasteiger partial charge < -0.3 is 29.9 Å². The minimum absolute atomic E-state index is 0.195. The summed E-state index contributed by atoms with van der Waals surface area (Å²) < 4.78 is 12.2. The molecule has 0 bridgehead atoms. The van der Waals surface area contributed by atoms with E-state index in [1.807, 2.05) is 42.5 Å². The molecule has 0 atom stereocenters. The molecular weight excluding hydrogens is 685 g/mol. The first-order valence-electron chi connectivity index (χ1n) is 18.0. The fourth-order valence-corrected chi connectivity index (χ4v) is 6.80. The number of benzene rings is 7. The van der Waals surface area contributed by atoms with Gasteiger partial charge in [0.2, 0.25) is 0 Å². The number of para-hydroxylation sites is 4. The molecule has 7 aromatic rings. The number of aliphatic hydroxyl groups excluding tert-OH is 4. The molecule has 2 heterocycles. The van der Waals surface area contributed by atoms with E-state index in [-0.39, 0.29) is 11.8 Å². The van der Waals surface area contributed by atoms with Gasteiger partial charge in [0.05, 0.1) is 0 Å². The van der Waals surface area contributed by atoms with Crippen LogP contribution in [0.4, 0.5) is 0 Å². The minimum atomic E-state index is 0.195. The predicted octanol–water partition coefficient (Wildman–Crippen LogP) is 10.4. The molecule has 0 unspecified atom stereocenters. The summed E-state index contributed by atoms with van der Waals surface area (Å²) in [5.74, 6) is 4.25. The van der Waals surface area contributed by atoms with E-state index in [0.29, 0.717) is 0 Å². The molecule has 7 aromatic carbocycles. The van der Waals surface area contributed by atoms with Crippen LogP contribution in [0.15, 0.2) is 176 Å². The van der Waals surface area contributed by atoms with Crippen LogP contribution in [-0.4, -0.2) is 48.9 Å². The molecule has 9 rings (SSSR count). The molecule has 6 heteroatoms. The second-order valence-electron chi connectivity index (χ2n) is 12.1. The van der Waals surface area contributed by atoms with Crippen LogP contribution in [0.5, 0.6) is 23.0 Å². The van der Waals surface area contributed by atoms with E-state index in [4.69, 9.17) is 29.9 Å². The zero-order valence-corrected chi connectivity index (χ0v) is 32.0. The van der Waals surface area contributed by atoms with Gasteiger partial charge in [0.15, 0.2) is 0 Å². The van der Waals surface area contributed by atoms with Crippen LogP contribution < -0.4 is 9.47 Å². The Morgan fingerprint density at radius 3 is 0.927 bits per heavy atom. The molecule has 0 radical (unpaired) electrons. The number of hydrogen-bond donors (Lipinski definition) is 4. The fourth-order valence-electron chi connectivity index (χ4n) is 6.80. The molecule has 2 aliphatic rings. The van der Waals surface area contributed by atoms with E-state index in [9.17, 15) is 0 Å². The fraction of sp³-hybridized carbons (Fsp3) is 0.143. The van der Waals surface area contributed by atoms with Crippen LogP contribution in [0.3, 0.4) is 0 Å². The lowest BCUT2D eigenvalue weighted by Gasteiger charge is -2.28. The van der Waals surface area contributed by atoms with Crippen molar-refractivity contribution in [3.63, 3.8) is 0 Å². The van der Waals surface area contributed by atoms with Crippen molar-refractivity contribution >= 4 is 0 Å². The van der Waals surface area contributed by atoms with Gasteiger partial charge in [0.1, 0.15) is 23.0 Å². The van der Waals surface area contributed by atoms with Gasteiger partial charge in [-0.05, 0) is 53.4 Å². The third-order valence-corrected chi connectivity index (χ3v) is 9.12. The quantitative estimate of drug-likeness (QED) is 0.144. The van der Waals surface area contributed by atoms with Gasteiger partial charge in [-0.1, -0.05) is 157 Å². The molecule has 0 saturated carbocycles. The Labute approximate surface area is 325 Å². The van der Waals surface area contributed by atoms with Crippen molar-refractivity contribution in [2.24, 2.45) is 0 Å². The van der Waals surface area contributed by atoms with E-state index in [1.165, 1.54) is 50.1 Å². The molecule has 0 saturated heterocycles. The summed E-state index contributed by atoms with van der Waals surface area (Å²) in [7, 11) is 4.00. The minimum Gasteiger partial charge on any atom is -0.457 e. The molecular formula is C49H50O6. The van der Waals surface area contributed by atoms with Crippen LogP contribution in [0.1, 0.15) is 50.8 Å². The van der Waals surface area contributed by atoms with Crippen LogP contribution >= 0.6 is 0 Å². The van der Waals surface area contributed by atoms with Crippen molar-refractivity contribution in [2.45, 2.75) is 18.8 Å². The summed E-state index contributed by atoms with van der Waals surface area (Å²) in [6.07, 6.45) is 0. The molecule has 282 valence electrons. The van der Waals surface area contributed by atoms with E-state index >= 15 is 0 Å². The Hall–Kier alpha value is -6.02. The first kappa shape index (κ1) is 41.7. The summed E-state index contributed by atoms with van der Waals surface area (Å²) >= 11 is 0. The van der Waals surface area contributed by atoms with Crippen LogP contribution in [-0.2, 0) is 0 Å². The van der Waals surface area contributed by atoms with E-state index in [2.05, 4.69) is 140 Å². The topological polar surface area (TPSA) is 99.4 Å². The number of aliphatic hydroxyl groups is 4. The molecule has 4 N–H and O–H groups in total. The van der Waals surface area contributed by atoms with Gasteiger partial charge in [0.25, 0.3) is 0 Å². The summed E-state index contributed by atoms with van der Waals surface area (Å²) in [5.41, 5.74) is 11.3. The SMILES string of the molecule is CO.CO.CO.CO.Cc1ccc(C2c3ccccc3Oc3ccccc32)cc1.c1ccc(-c2ccc(C3c4ccccc4Oc4ccccc43)cc2)cc1. The lowest BCUT2D eigenvalue weighted by Crippen LogP contribution is -2.11. The van der Waals surface area contributed by atoms with Crippen LogP contribution in [0.2, 0.25) is 0 Å². The lowest BCUT2D eigenvalue weighted by atomic mass is 9.82. The maximum Gasteiger partial charge on any atom is 0.131 e. The summed E-state index contributed by atoms with van der Waals surface area (Å²) in [6.45, 7) is 2.12. The average molecular weight is 735 g/mol. The second-order valence-corrected chi connectivity index (χ2v) is 12.1. The highest BCUT2D eigenvalue weighted by atomic mass is 16.5. The molecule has 0 fully saturated rings. The van der Waals surface area contributed by atoms with Crippen molar-refractivity contribution in [1.82, 2.24) is 0 Å². The van der Waals surface area contributed by atoms with Crippen molar-refractivity contribution in [3.05, 3.63) is 215 Å². The molecule has 0 spiro atoms. The van der Waals surface area contributed by atoms with Crippen LogP contribution in [0, 0.1) is 6.92 Å². The number of fused-ring (bicyclic) bond motifs is 4. The average Bonchev–Trinajstić information content (AvgIpc) is 3.28. The first-order chi connectivity index (χ1) is 27.2. The molecule has 0 aliphatic carbocycles. The largest absolute Gasteiger partial charge is 0.457 e. The van der Waals surface area contributed by atoms with Crippen molar-refractivity contribution in [1.29, 1.82) is 0 Å². The molecule has 0 aromatic heterocycles. The Morgan fingerprint density at radius 1 is 0.309 bits per heavy atom. The van der Waals surface area contributed by atoms with E-state index in [0.717, 1.165) is 51.4 Å². The van der Waals surface area contributed by atoms with Crippen molar-refractivity contribution in [3.8, 4) is 34.1 Å². The lowest BCUT2D eigenvalue weighted by molar-refractivity contribution is 0.399. The predicted molar refractivity (Wildman–Crippen MR) is 223 cm³/mol. The second kappa shape index (κ2) is 21.6. The Morgan fingerprint density at radius 2 is 0.582 bits per heavy atom. The Balaban J connectivity index is 0.000000211. The van der Waals surface area contributed by atoms with Gasteiger partial charge in [-0.3, -0.25) is 0 Å². The zero-order valence-electron chi connectivity index (χ0n) is 32.0. The van der Waals surface area contributed by atoms with E-state index < -0.39 is 0 Å². The summed E-state index contributed by atoms with van der Waals surface area (Å²) in [6, 6.07) is 61.5. The third kappa shape index (κ3) is 9.75. The highest BCUT2D eigenvalue weighted by Crippen LogP contribution is 2.48. The number of aryl methyl sites for hydroxylation is 1. The monoisotopic (exact) mass is 734 g/mol.